The van der Waals surface area contributed by atoms with Crippen LogP contribution in [0.15, 0.2) is 18.2 Å². The quantitative estimate of drug-likeness (QED) is 0.872. The number of amides is 2. The van der Waals surface area contributed by atoms with Crippen LogP contribution in [0.3, 0.4) is 0 Å². The minimum atomic E-state index is -0.554. The standard InChI is InChI=1S/C18H27N3O3.ClH/c1-12-5-6-16(13(2)11-12)24-15(4)18(23)21-9-7-20(8-10-21)17(22)14(3)19;/h5-6,11,14-15H,7-10,19H2,1-4H3;1H/t14-,15?;/m1./s1. The van der Waals surface area contributed by atoms with E-state index in [-0.39, 0.29) is 24.2 Å². The topological polar surface area (TPSA) is 75.9 Å². The zero-order chi connectivity index (χ0) is 17.9. The predicted molar refractivity (Wildman–Crippen MR) is 100 cm³/mol. The molecule has 0 saturated carbocycles. The van der Waals surface area contributed by atoms with Gasteiger partial charge in [-0.3, -0.25) is 9.59 Å². The van der Waals surface area contributed by atoms with Crippen molar-refractivity contribution in [2.45, 2.75) is 39.8 Å². The van der Waals surface area contributed by atoms with E-state index in [4.69, 9.17) is 10.5 Å². The lowest BCUT2D eigenvalue weighted by molar-refractivity contribution is -0.144. The van der Waals surface area contributed by atoms with Gasteiger partial charge < -0.3 is 20.3 Å². The molecule has 1 unspecified atom stereocenters. The lowest BCUT2D eigenvalue weighted by Gasteiger charge is -2.36. The Hall–Kier alpha value is -1.79. The molecular weight excluding hydrogens is 342 g/mol. The second-order valence-electron chi connectivity index (χ2n) is 6.47. The number of nitrogens with two attached hydrogens (primary N) is 1. The third-order valence-corrected chi connectivity index (χ3v) is 4.27. The maximum absolute atomic E-state index is 12.6. The number of nitrogens with zero attached hydrogens (tertiary/aromatic N) is 2. The third kappa shape index (κ3) is 5.34. The molecule has 1 aliphatic heterocycles. The van der Waals surface area contributed by atoms with Crippen LogP contribution in [0, 0.1) is 13.8 Å². The van der Waals surface area contributed by atoms with Crippen LogP contribution in [-0.2, 0) is 9.59 Å². The van der Waals surface area contributed by atoms with Crippen LogP contribution in [0.4, 0.5) is 0 Å². The van der Waals surface area contributed by atoms with Gasteiger partial charge in [0.05, 0.1) is 6.04 Å². The molecule has 0 bridgehead atoms. The molecule has 140 valence electrons. The van der Waals surface area contributed by atoms with Crippen LogP contribution < -0.4 is 10.5 Å². The van der Waals surface area contributed by atoms with E-state index in [1.54, 1.807) is 23.6 Å². The van der Waals surface area contributed by atoms with Gasteiger partial charge in [-0.05, 0) is 39.3 Å². The Bertz CT molecular complexity index is 614. The molecule has 0 aliphatic carbocycles. The fraction of sp³-hybridized carbons (Fsp3) is 0.556. The van der Waals surface area contributed by atoms with E-state index in [1.165, 1.54) is 0 Å². The van der Waals surface area contributed by atoms with E-state index in [0.717, 1.165) is 16.9 Å². The SMILES string of the molecule is Cc1ccc(OC(C)C(=O)N2CCN(C(=O)[C@@H](C)N)CC2)c(C)c1.Cl. The van der Waals surface area contributed by atoms with Crippen molar-refractivity contribution >= 4 is 24.2 Å². The Balaban J connectivity index is 0.00000312. The lowest BCUT2D eigenvalue weighted by atomic mass is 10.1. The molecule has 1 saturated heterocycles. The van der Waals surface area contributed by atoms with E-state index in [2.05, 4.69) is 0 Å². The zero-order valence-corrected chi connectivity index (χ0v) is 16.1. The van der Waals surface area contributed by atoms with Crippen LogP contribution in [0.5, 0.6) is 5.75 Å². The Kier molecular flexibility index (Phi) is 7.70. The minimum Gasteiger partial charge on any atom is -0.481 e. The molecule has 2 N–H and O–H groups in total. The summed E-state index contributed by atoms with van der Waals surface area (Å²) in [6, 6.07) is 5.40. The molecule has 0 aromatic heterocycles. The van der Waals surface area contributed by atoms with E-state index >= 15 is 0 Å². The summed E-state index contributed by atoms with van der Waals surface area (Å²) in [6.45, 7) is 9.49. The molecule has 1 aromatic carbocycles. The minimum absolute atomic E-state index is 0. The molecule has 0 radical (unpaired) electrons. The van der Waals surface area contributed by atoms with Crippen molar-refractivity contribution in [3.8, 4) is 5.75 Å². The highest BCUT2D eigenvalue weighted by Crippen LogP contribution is 2.20. The maximum Gasteiger partial charge on any atom is 0.263 e. The number of piperazine rings is 1. The summed E-state index contributed by atoms with van der Waals surface area (Å²) in [6.07, 6.45) is -0.554. The highest BCUT2D eigenvalue weighted by molar-refractivity contribution is 5.85. The van der Waals surface area contributed by atoms with Crippen LogP contribution in [-0.4, -0.2) is 59.9 Å². The van der Waals surface area contributed by atoms with Crippen molar-refractivity contribution in [2.24, 2.45) is 5.73 Å². The number of hydrogen-bond acceptors (Lipinski definition) is 4. The van der Waals surface area contributed by atoms with Gasteiger partial charge in [0.25, 0.3) is 5.91 Å². The van der Waals surface area contributed by atoms with E-state index in [0.29, 0.717) is 26.2 Å². The second-order valence-corrected chi connectivity index (χ2v) is 6.47. The first-order valence-electron chi connectivity index (χ1n) is 8.36. The summed E-state index contributed by atoms with van der Waals surface area (Å²) in [5, 5.41) is 0. The second kappa shape index (κ2) is 9.06. The van der Waals surface area contributed by atoms with Crippen molar-refractivity contribution in [3.05, 3.63) is 29.3 Å². The van der Waals surface area contributed by atoms with Gasteiger partial charge >= 0.3 is 0 Å². The average molecular weight is 370 g/mol. The number of carbonyl (C=O) groups excluding carboxylic acids is 2. The van der Waals surface area contributed by atoms with Crippen molar-refractivity contribution in [2.75, 3.05) is 26.2 Å². The van der Waals surface area contributed by atoms with Gasteiger partial charge in [-0.2, -0.15) is 0 Å². The molecule has 1 aliphatic rings. The monoisotopic (exact) mass is 369 g/mol. The summed E-state index contributed by atoms with van der Waals surface area (Å²) >= 11 is 0. The molecule has 7 heteroatoms. The fourth-order valence-corrected chi connectivity index (χ4v) is 2.86. The Morgan fingerprint density at radius 3 is 2.04 bits per heavy atom. The smallest absolute Gasteiger partial charge is 0.263 e. The molecule has 1 fully saturated rings. The predicted octanol–water partition coefficient (Wildman–Crippen LogP) is 1.51. The van der Waals surface area contributed by atoms with E-state index in [9.17, 15) is 9.59 Å². The maximum atomic E-state index is 12.6. The van der Waals surface area contributed by atoms with Gasteiger partial charge in [0, 0.05) is 26.2 Å². The van der Waals surface area contributed by atoms with Crippen LogP contribution >= 0.6 is 12.4 Å². The molecule has 2 atom stereocenters. The lowest BCUT2D eigenvalue weighted by Crippen LogP contribution is -2.55. The number of hydrogen-bond donors (Lipinski definition) is 1. The molecule has 0 spiro atoms. The first-order chi connectivity index (χ1) is 11.3. The largest absolute Gasteiger partial charge is 0.481 e. The average Bonchev–Trinajstić information content (AvgIpc) is 2.56. The first kappa shape index (κ1) is 21.3. The number of carbonyl (C=O) groups is 2. The van der Waals surface area contributed by atoms with Crippen molar-refractivity contribution in [3.63, 3.8) is 0 Å². The fourth-order valence-electron chi connectivity index (χ4n) is 2.86. The molecule has 2 rings (SSSR count). The summed E-state index contributed by atoms with van der Waals surface area (Å²) in [5.41, 5.74) is 7.80. The van der Waals surface area contributed by atoms with Crippen LogP contribution in [0.1, 0.15) is 25.0 Å². The molecule has 25 heavy (non-hydrogen) atoms. The van der Waals surface area contributed by atoms with Crippen molar-refractivity contribution < 1.29 is 14.3 Å². The summed E-state index contributed by atoms with van der Waals surface area (Å²) in [7, 11) is 0. The summed E-state index contributed by atoms with van der Waals surface area (Å²) in [4.78, 5) is 27.9. The third-order valence-electron chi connectivity index (χ3n) is 4.27. The van der Waals surface area contributed by atoms with Crippen molar-refractivity contribution in [1.29, 1.82) is 0 Å². The van der Waals surface area contributed by atoms with Gasteiger partial charge in [0.2, 0.25) is 5.91 Å². The number of benzene rings is 1. The highest BCUT2D eigenvalue weighted by Gasteiger charge is 2.28. The number of rotatable bonds is 4. The molecule has 1 aromatic rings. The van der Waals surface area contributed by atoms with Gasteiger partial charge in [-0.15, -0.1) is 12.4 Å². The Morgan fingerprint density at radius 1 is 1.04 bits per heavy atom. The van der Waals surface area contributed by atoms with E-state index in [1.807, 2.05) is 32.0 Å². The van der Waals surface area contributed by atoms with E-state index < -0.39 is 12.1 Å². The van der Waals surface area contributed by atoms with Crippen LogP contribution in [0.25, 0.3) is 0 Å². The number of halogens is 1. The zero-order valence-electron chi connectivity index (χ0n) is 15.3. The van der Waals surface area contributed by atoms with Gasteiger partial charge in [-0.25, -0.2) is 0 Å². The summed E-state index contributed by atoms with van der Waals surface area (Å²) in [5.74, 6) is 0.608. The molecule has 1 heterocycles. The van der Waals surface area contributed by atoms with Gasteiger partial charge in [0.1, 0.15) is 5.75 Å². The first-order valence-corrected chi connectivity index (χ1v) is 8.36. The molecular formula is C18H28ClN3O3. The number of ether oxygens (including phenoxy) is 1. The van der Waals surface area contributed by atoms with Crippen molar-refractivity contribution in [1.82, 2.24) is 9.80 Å². The molecule has 2 amide bonds. The molecule has 6 nitrogen and oxygen atoms in total. The Morgan fingerprint density at radius 2 is 1.56 bits per heavy atom. The normalized spacial score (nSPS) is 16.7. The van der Waals surface area contributed by atoms with Gasteiger partial charge in [-0.1, -0.05) is 17.7 Å². The summed E-state index contributed by atoms with van der Waals surface area (Å²) < 4.78 is 5.84. The number of aryl methyl sites for hydroxylation is 2. The van der Waals surface area contributed by atoms with Crippen LogP contribution in [0.2, 0.25) is 0 Å². The Labute approximate surface area is 155 Å². The van der Waals surface area contributed by atoms with Gasteiger partial charge in [0.15, 0.2) is 6.10 Å². The highest BCUT2D eigenvalue weighted by atomic mass is 35.5.